The predicted octanol–water partition coefficient (Wildman–Crippen LogP) is 4.79. The van der Waals surface area contributed by atoms with Gasteiger partial charge in [-0.1, -0.05) is 0 Å². The van der Waals surface area contributed by atoms with Crippen molar-refractivity contribution in [2.75, 3.05) is 5.73 Å². The van der Waals surface area contributed by atoms with Crippen LogP contribution in [0.1, 0.15) is 71.2 Å². The fourth-order valence-corrected chi connectivity index (χ4v) is 7.47. The Morgan fingerprint density at radius 3 is 2.27 bits per heavy atom. The summed E-state index contributed by atoms with van der Waals surface area (Å²) in [5.41, 5.74) is 8.05. The van der Waals surface area contributed by atoms with E-state index in [0.29, 0.717) is 21.8 Å². The minimum Gasteiger partial charge on any atom is -0.397 e. The van der Waals surface area contributed by atoms with Crippen LogP contribution in [0.25, 0.3) is 10.2 Å². The fourth-order valence-electron chi connectivity index (χ4n) is 6.28. The Balaban J connectivity index is 1.60. The van der Waals surface area contributed by atoms with Gasteiger partial charge in [-0.05, 0) is 76.2 Å². The van der Waals surface area contributed by atoms with E-state index in [1.165, 1.54) is 30.6 Å². The highest BCUT2D eigenvalue weighted by Gasteiger charge is 2.55. The number of Topliss-reactive ketones (excluding diaryl/α,β-unsaturated/α-hetero) is 2. The molecule has 4 bridgehead atoms. The lowest BCUT2D eigenvalue weighted by atomic mass is 9.48. The van der Waals surface area contributed by atoms with E-state index < -0.39 is 0 Å². The molecule has 136 valence electrons. The first-order valence-electron chi connectivity index (χ1n) is 9.61. The zero-order valence-electron chi connectivity index (χ0n) is 15.3. The number of aryl methyl sites for hydroxylation is 1. The number of aromatic nitrogens is 1. The summed E-state index contributed by atoms with van der Waals surface area (Å²) in [4.78, 5) is 31.5. The normalized spacial score (nSPS) is 32.3. The van der Waals surface area contributed by atoms with Gasteiger partial charge < -0.3 is 5.73 Å². The second kappa shape index (κ2) is 5.38. The molecule has 2 aromatic rings. The molecule has 5 heteroatoms. The molecular formula is C21H24N2O2S. The van der Waals surface area contributed by atoms with Gasteiger partial charge in [-0.15, -0.1) is 11.3 Å². The summed E-state index contributed by atoms with van der Waals surface area (Å²) in [5, 5.41) is 0.763. The summed E-state index contributed by atoms with van der Waals surface area (Å²) in [7, 11) is 0. The SMILES string of the molecule is CC(=O)c1cc2c(N)c(C(=O)C34CC5CC(CC(C5)C3)C4)sc2nc1C. The van der Waals surface area contributed by atoms with Crippen molar-refractivity contribution in [3.05, 3.63) is 22.2 Å². The summed E-state index contributed by atoms with van der Waals surface area (Å²) in [5.74, 6) is 2.41. The zero-order valence-corrected chi connectivity index (χ0v) is 16.1. The Bertz CT molecular complexity index is 923. The molecule has 0 unspecified atom stereocenters. The quantitative estimate of drug-likeness (QED) is 0.791. The van der Waals surface area contributed by atoms with Crippen molar-refractivity contribution in [2.45, 2.75) is 52.4 Å². The molecule has 4 aliphatic carbocycles. The average molecular weight is 369 g/mol. The monoisotopic (exact) mass is 368 g/mol. The third-order valence-corrected chi connectivity index (χ3v) is 8.13. The minimum atomic E-state index is -0.192. The van der Waals surface area contributed by atoms with Crippen LogP contribution in [0, 0.1) is 30.1 Å². The summed E-state index contributed by atoms with van der Waals surface area (Å²) in [6, 6.07) is 1.82. The van der Waals surface area contributed by atoms with Gasteiger partial charge in [0.15, 0.2) is 11.6 Å². The lowest BCUT2D eigenvalue weighted by molar-refractivity contribution is -0.0350. The van der Waals surface area contributed by atoms with Crippen LogP contribution >= 0.6 is 11.3 Å². The van der Waals surface area contributed by atoms with Crippen molar-refractivity contribution >= 4 is 38.8 Å². The Morgan fingerprint density at radius 2 is 1.73 bits per heavy atom. The van der Waals surface area contributed by atoms with Crippen molar-refractivity contribution in [3.8, 4) is 0 Å². The number of nitrogens with two attached hydrogens (primary N) is 1. The van der Waals surface area contributed by atoms with Crippen molar-refractivity contribution in [2.24, 2.45) is 23.2 Å². The molecule has 0 amide bonds. The fraction of sp³-hybridized carbons (Fsp3) is 0.571. The van der Waals surface area contributed by atoms with Gasteiger partial charge in [0.2, 0.25) is 0 Å². The van der Waals surface area contributed by atoms with Gasteiger partial charge in [-0.2, -0.15) is 0 Å². The van der Waals surface area contributed by atoms with Gasteiger partial charge in [0.05, 0.1) is 10.6 Å². The van der Waals surface area contributed by atoms with E-state index in [-0.39, 0.29) is 17.0 Å². The molecule has 0 aromatic carbocycles. The van der Waals surface area contributed by atoms with Gasteiger partial charge in [-0.25, -0.2) is 4.98 Å². The third kappa shape index (κ3) is 2.22. The average Bonchev–Trinajstić information content (AvgIpc) is 2.87. The van der Waals surface area contributed by atoms with Crippen LogP contribution in [0.3, 0.4) is 0 Å². The molecule has 4 nitrogen and oxygen atoms in total. The second-order valence-electron chi connectivity index (χ2n) is 8.90. The van der Waals surface area contributed by atoms with E-state index in [1.54, 1.807) is 6.92 Å². The van der Waals surface area contributed by atoms with Crippen molar-refractivity contribution in [3.63, 3.8) is 0 Å². The maximum Gasteiger partial charge on any atom is 0.181 e. The number of thiophene rings is 1. The molecule has 2 aromatic heterocycles. The molecule has 6 rings (SSSR count). The molecule has 2 heterocycles. The molecule has 4 aliphatic rings. The number of fused-ring (bicyclic) bond motifs is 1. The molecule has 2 N–H and O–H groups in total. The summed E-state index contributed by atoms with van der Waals surface area (Å²) in [6.45, 7) is 3.38. The van der Waals surface area contributed by atoms with E-state index in [1.807, 2.05) is 13.0 Å². The summed E-state index contributed by atoms with van der Waals surface area (Å²) >= 11 is 1.42. The van der Waals surface area contributed by atoms with E-state index in [4.69, 9.17) is 5.73 Å². The van der Waals surface area contributed by atoms with E-state index >= 15 is 0 Å². The van der Waals surface area contributed by atoms with Crippen LogP contribution < -0.4 is 5.73 Å². The number of hydrogen-bond donors (Lipinski definition) is 1. The van der Waals surface area contributed by atoms with Crippen LogP contribution in [0.5, 0.6) is 0 Å². The number of rotatable bonds is 3. The van der Waals surface area contributed by atoms with Crippen LogP contribution in [0.2, 0.25) is 0 Å². The number of ketones is 2. The number of pyridine rings is 1. The van der Waals surface area contributed by atoms with E-state index in [9.17, 15) is 9.59 Å². The lowest BCUT2D eigenvalue weighted by Crippen LogP contribution is -2.49. The van der Waals surface area contributed by atoms with Crippen LogP contribution in [0.4, 0.5) is 5.69 Å². The van der Waals surface area contributed by atoms with Gasteiger partial charge in [0.25, 0.3) is 0 Å². The molecule has 0 atom stereocenters. The first kappa shape index (κ1) is 16.4. The second-order valence-corrected chi connectivity index (χ2v) is 9.90. The molecule has 4 fully saturated rings. The Morgan fingerprint density at radius 1 is 1.15 bits per heavy atom. The van der Waals surface area contributed by atoms with Gasteiger partial charge in [-0.3, -0.25) is 9.59 Å². The van der Waals surface area contributed by atoms with Crippen LogP contribution in [-0.2, 0) is 0 Å². The maximum absolute atomic E-state index is 13.6. The first-order chi connectivity index (χ1) is 12.4. The zero-order chi connectivity index (χ0) is 18.2. The predicted molar refractivity (Wildman–Crippen MR) is 104 cm³/mol. The number of carbonyl (C=O) groups is 2. The number of nitrogen functional groups attached to an aromatic ring is 1. The van der Waals surface area contributed by atoms with E-state index in [2.05, 4.69) is 4.98 Å². The third-order valence-electron chi connectivity index (χ3n) is 7.02. The van der Waals surface area contributed by atoms with Crippen molar-refractivity contribution < 1.29 is 9.59 Å². The minimum absolute atomic E-state index is 0.0172. The molecule has 0 radical (unpaired) electrons. The number of hydrogen-bond acceptors (Lipinski definition) is 5. The van der Waals surface area contributed by atoms with Crippen LogP contribution in [-0.4, -0.2) is 16.6 Å². The van der Waals surface area contributed by atoms with Gasteiger partial charge in [0, 0.05) is 22.1 Å². The smallest absolute Gasteiger partial charge is 0.181 e. The molecule has 4 saturated carbocycles. The highest BCUT2D eigenvalue weighted by molar-refractivity contribution is 7.21. The molecular weight excluding hydrogens is 344 g/mol. The molecule has 0 saturated heterocycles. The van der Waals surface area contributed by atoms with Crippen molar-refractivity contribution in [1.82, 2.24) is 4.98 Å². The Kier molecular flexibility index (Phi) is 3.40. The topological polar surface area (TPSA) is 73.1 Å². The number of nitrogens with zero attached hydrogens (tertiary/aromatic N) is 1. The summed E-state index contributed by atoms with van der Waals surface area (Å²) < 4.78 is 0. The van der Waals surface area contributed by atoms with Crippen molar-refractivity contribution in [1.29, 1.82) is 0 Å². The highest BCUT2D eigenvalue weighted by Crippen LogP contribution is 2.61. The number of carbonyl (C=O) groups excluding carboxylic acids is 2. The molecule has 0 aliphatic heterocycles. The largest absolute Gasteiger partial charge is 0.397 e. The molecule has 26 heavy (non-hydrogen) atoms. The highest BCUT2D eigenvalue weighted by atomic mass is 32.1. The van der Waals surface area contributed by atoms with Gasteiger partial charge in [0.1, 0.15) is 4.83 Å². The number of anilines is 1. The standard InChI is InChI=1S/C21H24N2O2S/c1-10-15(11(2)24)6-16-17(22)18(26-20(16)23-10)19(25)21-7-12-3-13(8-21)5-14(4-12)9-21/h6,12-14H,3-5,7-9,22H2,1-2H3. The molecule has 0 spiro atoms. The summed E-state index contributed by atoms with van der Waals surface area (Å²) in [6.07, 6.45) is 7.06. The Hall–Kier alpha value is -1.75. The van der Waals surface area contributed by atoms with Crippen LogP contribution in [0.15, 0.2) is 6.07 Å². The Labute approximate surface area is 157 Å². The first-order valence-corrected chi connectivity index (χ1v) is 10.4. The van der Waals surface area contributed by atoms with Gasteiger partial charge >= 0.3 is 0 Å². The lowest BCUT2D eigenvalue weighted by Gasteiger charge is -2.55. The maximum atomic E-state index is 13.6. The van der Waals surface area contributed by atoms with E-state index in [0.717, 1.165) is 47.2 Å².